The van der Waals surface area contributed by atoms with Crippen molar-refractivity contribution in [2.45, 2.75) is 0 Å². The Labute approximate surface area is 106 Å². The number of hydrogen-bond donors (Lipinski definition) is 2. The van der Waals surface area contributed by atoms with E-state index in [1.807, 2.05) is 0 Å². The van der Waals surface area contributed by atoms with Crippen LogP contribution in [0.4, 0.5) is 0 Å². The van der Waals surface area contributed by atoms with Crippen LogP contribution in [0, 0.1) is 0 Å². The summed E-state index contributed by atoms with van der Waals surface area (Å²) in [7, 11) is 3.53. The normalized spacial score (nSPS) is 15.0. The molecule has 4 nitrogen and oxygen atoms in total. The third-order valence-electron chi connectivity index (χ3n) is 3.04. The number of hydrogen-bond acceptors (Lipinski definition) is 4. The lowest BCUT2D eigenvalue weighted by Crippen LogP contribution is -2.31. The van der Waals surface area contributed by atoms with Crippen molar-refractivity contribution in [3.05, 3.63) is 46.5 Å². The molecule has 0 amide bonds. The zero-order valence-corrected chi connectivity index (χ0v) is 10.5. The Morgan fingerprint density at radius 1 is 0.833 bits per heavy atom. The van der Waals surface area contributed by atoms with Crippen molar-refractivity contribution in [1.82, 2.24) is 10.6 Å². The summed E-state index contributed by atoms with van der Waals surface area (Å²) < 4.78 is 0. The monoisotopic (exact) mass is 244 g/mol. The van der Waals surface area contributed by atoms with Gasteiger partial charge < -0.3 is 10.6 Å². The van der Waals surface area contributed by atoms with Gasteiger partial charge in [0.1, 0.15) is 0 Å². The van der Waals surface area contributed by atoms with Gasteiger partial charge in [0, 0.05) is 35.4 Å². The van der Waals surface area contributed by atoms with Crippen LogP contribution in [0.15, 0.2) is 35.4 Å². The van der Waals surface area contributed by atoms with E-state index in [9.17, 15) is 9.59 Å². The van der Waals surface area contributed by atoms with E-state index in [1.165, 1.54) is 0 Å². The van der Waals surface area contributed by atoms with Gasteiger partial charge in [0.05, 0.1) is 0 Å². The van der Waals surface area contributed by atoms with Crippen LogP contribution in [0.2, 0.25) is 0 Å². The van der Waals surface area contributed by atoms with Gasteiger partial charge in [-0.3, -0.25) is 9.59 Å². The molecule has 0 aliphatic heterocycles. The van der Waals surface area contributed by atoms with Crippen LogP contribution in [0.25, 0.3) is 0 Å². The molecule has 0 atom stereocenters. The minimum absolute atomic E-state index is 0.0511. The molecule has 1 aliphatic rings. The SMILES string of the molecule is CNCC1=C(CNC)C(=O)c2ccccc2C1=O. The summed E-state index contributed by atoms with van der Waals surface area (Å²) in [6.45, 7) is 0.825. The van der Waals surface area contributed by atoms with Gasteiger partial charge in [0.2, 0.25) is 0 Å². The summed E-state index contributed by atoms with van der Waals surface area (Å²) >= 11 is 0. The molecule has 0 unspecified atom stereocenters. The maximum Gasteiger partial charge on any atom is 0.191 e. The number of carbonyl (C=O) groups is 2. The Hall–Kier alpha value is -1.78. The zero-order valence-electron chi connectivity index (χ0n) is 10.5. The third kappa shape index (κ3) is 2.00. The fourth-order valence-corrected chi connectivity index (χ4v) is 2.21. The highest BCUT2D eigenvalue weighted by atomic mass is 16.1. The molecule has 1 aromatic carbocycles. The van der Waals surface area contributed by atoms with Gasteiger partial charge >= 0.3 is 0 Å². The number of rotatable bonds is 4. The van der Waals surface area contributed by atoms with E-state index in [4.69, 9.17) is 0 Å². The third-order valence-corrected chi connectivity index (χ3v) is 3.04. The van der Waals surface area contributed by atoms with E-state index < -0.39 is 0 Å². The second-order valence-electron chi connectivity index (χ2n) is 4.22. The maximum atomic E-state index is 12.4. The van der Waals surface area contributed by atoms with E-state index >= 15 is 0 Å². The molecule has 2 rings (SSSR count). The van der Waals surface area contributed by atoms with E-state index in [-0.39, 0.29) is 11.6 Å². The summed E-state index contributed by atoms with van der Waals surface area (Å²) in [5.41, 5.74) is 2.14. The minimum atomic E-state index is -0.0511. The van der Waals surface area contributed by atoms with Gasteiger partial charge in [-0.1, -0.05) is 24.3 Å². The first-order valence-electron chi connectivity index (χ1n) is 5.90. The molecular formula is C14H16N2O2. The van der Waals surface area contributed by atoms with Gasteiger partial charge in [0.25, 0.3) is 0 Å². The Balaban J connectivity index is 2.56. The van der Waals surface area contributed by atoms with E-state index in [2.05, 4.69) is 10.6 Å². The molecule has 1 aromatic rings. The maximum absolute atomic E-state index is 12.4. The van der Waals surface area contributed by atoms with E-state index in [0.29, 0.717) is 35.4 Å². The summed E-state index contributed by atoms with van der Waals surface area (Å²) in [5.74, 6) is -0.102. The number of Topliss-reactive ketones (excluding diaryl/α,β-unsaturated/α-hetero) is 2. The predicted octanol–water partition coefficient (Wildman–Crippen LogP) is 0.801. The van der Waals surface area contributed by atoms with Crippen LogP contribution in [0.1, 0.15) is 20.7 Å². The zero-order chi connectivity index (χ0) is 13.1. The molecule has 0 heterocycles. The quantitative estimate of drug-likeness (QED) is 0.822. The molecule has 0 spiro atoms. The van der Waals surface area contributed by atoms with Crippen LogP contribution < -0.4 is 10.6 Å². The lowest BCUT2D eigenvalue weighted by molar-refractivity contribution is 0.0971. The first kappa shape index (κ1) is 12.7. The van der Waals surface area contributed by atoms with Gasteiger partial charge in [-0.05, 0) is 14.1 Å². The van der Waals surface area contributed by atoms with Crippen molar-refractivity contribution in [3.8, 4) is 0 Å². The highest BCUT2D eigenvalue weighted by Gasteiger charge is 2.30. The first-order valence-corrected chi connectivity index (χ1v) is 5.90. The summed E-state index contributed by atoms with van der Waals surface area (Å²) in [6, 6.07) is 6.98. The molecule has 0 radical (unpaired) electrons. The Morgan fingerprint density at radius 3 is 1.56 bits per heavy atom. The van der Waals surface area contributed by atoms with Crippen LogP contribution >= 0.6 is 0 Å². The number of likely N-dealkylation sites (N-methyl/N-ethyl adjacent to an activating group) is 2. The molecule has 4 heteroatoms. The lowest BCUT2D eigenvalue weighted by atomic mass is 9.84. The molecule has 18 heavy (non-hydrogen) atoms. The molecule has 0 fully saturated rings. The second-order valence-corrected chi connectivity index (χ2v) is 4.22. The Bertz CT molecular complexity index is 485. The Kier molecular flexibility index (Phi) is 3.69. The van der Waals surface area contributed by atoms with Crippen LogP contribution in [-0.2, 0) is 0 Å². The number of benzene rings is 1. The minimum Gasteiger partial charge on any atom is -0.316 e. The van der Waals surface area contributed by atoms with Crippen LogP contribution in [0.3, 0.4) is 0 Å². The summed E-state index contributed by atoms with van der Waals surface area (Å²) in [5, 5.41) is 5.90. The smallest absolute Gasteiger partial charge is 0.191 e. The molecule has 94 valence electrons. The highest BCUT2D eigenvalue weighted by molar-refractivity contribution is 6.27. The van der Waals surface area contributed by atoms with Crippen molar-refractivity contribution in [2.24, 2.45) is 0 Å². The predicted molar refractivity (Wildman–Crippen MR) is 70.0 cm³/mol. The van der Waals surface area contributed by atoms with Crippen LogP contribution in [-0.4, -0.2) is 38.8 Å². The fraction of sp³-hybridized carbons (Fsp3) is 0.286. The topological polar surface area (TPSA) is 58.2 Å². The lowest BCUT2D eigenvalue weighted by Gasteiger charge is -2.20. The van der Waals surface area contributed by atoms with Crippen molar-refractivity contribution >= 4 is 11.6 Å². The molecule has 1 aliphatic carbocycles. The largest absolute Gasteiger partial charge is 0.316 e. The fourth-order valence-electron chi connectivity index (χ4n) is 2.21. The number of fused-ring (bicyclic) bond motifs is 1. The van der Waals surface area contributed by atoms with Crippen molar-refractivity contribution in [1.29, 1.82) is 0 Å². The molecule has 0 aromatic heterocycles. The van der Waals surface area contributed by atoms with Gasteiger partial charge in [0.15, 0.2) is 11.6 Å². The average Bonchev–Trinajstić information content (AvgIpc) is 2.40. The van der Waals surface area contributed by atoms with Gasteiger partial charge in [-0.15, -0.1) is 0 Å². The van der Waals surface area contributed by atoms with E-state index in [0.717, 1.165) is 0 Å². The highest BCUT2D eigenvalue weighted by Crippen LogP contribution is 2.25. The molecular weight excluding hydrogens is 228 g/mol. The number of carbonyl (C=O) groups excluding carboxylic acids is 2. The summed E-state index contributed by atoms with van der Waals surface area (Å²) in [6.07, 6.45) is 0. The van der Waals surface area contributed by atoms with Gasteiger partial charge in [-0.2, -0.15) is 0 Å². The Morgan fingerprint density at radius 2 is 1.22 bits per heavy atom. The molecule has 0 saturated heterocycles. The second kappa shape index (κ2) is 5.25. The van der Waals surface area contributed by atoms with Crippen molar-refractivity contribution in [2.75, 3.05) is 27.2 Å². The number of ketones is 2. The average molecular weight is 244 g/mol. The van der Waals surface area contributed by atoms with Crippen molar-refractivity contribution in [3.63, 3.8) is 0 Å². The number of nitrogens with one attached hydrogen (secondary N) is 2. The van der Waals surface area contributed by atoms with Crippen LogP contribution in [0.5, 0.6) is 0 Å². The van der Waals surface area contributed by atoms with E-state index in [1.54, 1.807) is 38.4 Å². The molecule has 0 saturated carbocycles. The first-order chi connectivity index (χ1) is 8.70. The van der Waals surface area contributed by atoms with Gasteiger partial charge in [-0.25, -0.2) is 0 Å². The molecule has 0 bridgehead atoms. The van der Waals surface area contributed by atoms with Crippen molar-refractivity contribution < 1.29 is 9.59 Å². The standard InChI is InChI=1S/C14H16N2O2/c1-15-7-11-12(8-16-2)14(18)10-6-4-3-5-9(10)13(11)17/h3-6,15-16H,7-8H2,1-2H3. The molecule has 2 N–H and O–H groups in total. The summed E-state index contributed by atoms with van der Waals surface area (Å²) in [4.78, 5) is 24.7.